The van der Waals surface area contributed by atoms with Gasteiger partial charge in [0.1, 0.15) is 13.2 Å². The van der Waals surface area contributed by atoms with Gasteiger partial charge in [-0.3, -0.25) is 4.79 Å². The number of hydrogen-bond acceptors (Lipinski definition) is 7. The van der Waals surface area contributed by atoms with E-state index in [1.807, 2.05) is 35.7 Å². The van der Waals surface area contributed by atoms with Crippen molar-refractivity contribution in [3.8, 4) is 22.2 Å². The van der Waals surface area contributed by atoms with E-state index in [2.05, 4.69) is 10.1 Å². The Bertz CT molecular complexity index is 953. The molecule has 0 saturated carbocycles. The van der Waals surface area contributed by atoms with E-state index in [1.54, 1.807) is 16.2 Å². The standard InChI is InChI=1S/C18H15N3O4S/c22-16-8-11(18-19-17(20-25-18)15-2-1-7-26-15)10-21(16)12-3-4-13-14(9-12)24-6-5-23-13/h1-4,7,9,11H,5-6,8,10H2/t11-/m1/s1. The Morgan fingerprint density at radius 2 is 2.04 bits per heavy atom. The zero-order chi connectivity index (χ0) is 17.5. The van der Waals surface area contributed by atoms with E-state index in [0.717, 1.165) is 10.6 Å². The Hall–Kier alpha value is -2.87. The molecule has 1 atom stereocenters. The van der Waals surface area contributed by atoms with E-state index in [1.165, 1.54) is 0 Å². The van der Waals surface area contributed by atoms with Crippen LogP contribution in [0.4, 0.5) is 5.69 Å². The van der Waals surface area contributed by atoms with E-state index in [0.29, 0.717) is 49.4 Å². The number of carbonyl (C=O) groups excluding carboxylic acids is 1. The van der Waals surface area contributed by atoms with Crippen molar-refractivity contribution in [2.75, 3.05) is 24.7 Å². The molecule has 0 aliphatic carbocycles. The van der Waals surface area contributed by atoms with Crippen molar-refractivity contribution in [2.45, 2.75) is 12.3 Å². The third-order valence-electron chi connectivity index (χ3n) is 4.50. The van der Waals surface area contributed by atoms with Gasteiger partial charge >= 0.3 is 0 Å². The van der Waals surface area contributed by atoms with Gasteiger partial charge in [-0.25, -0.2) is 0 Å². The Morgan fingerprint density at radius 1 is 1.15 bits per heavy atom. The van der Waals surface area contributed by atoms with Gasteiger partial charge < -0.3 is 18.9 Å². The summed E-state index contributed by atoms with van der Waals surface area (Å²) in [5.74, 6) is 2.37. The van der Waals surface area contributed by atoms with Crippen molar-refractivity contribution < 1.29 is 18.8 Å². The molecule has 2 aliphatic rings. The molecule has 1 aromatic carbocycles. The Balaban J connectivity index is 1.38. The van der Waals surface area contributed by atoms with Crippen molar-refractivity contribution in [3.63, 3.8) is 0 Å². The molecule has 1 saturated heterocycles. The fourth-order valence-electron chi connectivity index (χ4n) is 3.23. The fraction of sp³-hybridized carbons (Fsp3) is 0.278. The molecule has 2 aromatic heterocycles. The number of hydrogen-bond donors (Lipinski definition) is 0. The average Bonchev–Trinajstić information content (AvgIpc) is 3.41. The lowest BCUT2D eigenvalue weighted by atomic mass is 10.1. The van der Waals surface area contributed by atoms with Crippen LogP contribution >= 0.6 is 11.3 Å². The molecule has 0 unspecified atom stereocenters. The summed E-state index contributed by atoms with van der Waals surface area (Å²) in [6, 6.07) is 9.45. The summed E-state index contributed by atoms with van der Waals surface area (Å²) in [7, 11) is 0. The topological polar surface area (TPSA) is 77.7 Å². The first-order valence-corrected chi connectivity index (χ1v) is 9.23. The maximum Gasteiger partial charge on any atom is 0.232 e. The maximum atomic E-state index is 12.5. The fourth-order valence-corrected chi connectivity index (χ4v) is 3.88. The molecule has 26 heavy (non-hydrogen) atoms. The van der Waals surface area contributed by atoms with Crippen LogP contribution in [0.25, 0.3) is 10.7 Å². The van der Waals surface area contributed by atoms with Crippen molar-refractivity contribution >= 4 is 22.9 Å². The number of carbonyl (C=O) groups is 1. The molecule has 3 aromatic rings. The Labute approximate surface area is 153 Å². The van der Waals surface area contributed by atoms with E-state index in [9.17, 15) is 4.79 Å². The van der Waals surface area contributed by atoms with Gasteiger partial charge in [-0.1, -0.05) is 11.2 Å². The van der Waals surface area contributed by atoms with Gasteiger partial charge in [0.15, 0.2) is 11.5 Å². The number of nitrogens with zero attached hydrogens (tertiary/aromatic N) is 3. The summed E-state index contributed by atoms with van der Waals surface area (Å²) in [6.45, 7) is 1.56. The van der Waals surface area contributed by atoms with Crippen LogP contribution < -0.4 is 14.4 Å². The molecule has 0 bridgehead atoms. The second-order valence-corrected chi connectivity index (χ2v) is 7.11. The van der Waals surface area contributed by atoms with Crippen LogP contribution in [0.15, 0.2) is 40.2 Å². The van der Waals surface area contributed by atoms with Crippen LogP contribution in [0, 0.1) is 0 Å². The number of rotatable bonds is 3. The van der Waals surface area contributed by atoms with Crippen LogP contribution in [0.2, 0.25) is 0 Å². The highest BCUT2D eigenvalue weighted by molar-refractivity contribution is 7.13. The van der Waals surface area contributed by atoms with Crippen molar-refractivity contribution in [2.24, 2.45) is 0 Å². The Morgan fingerprint density at radius 3 is 2.88 bits per heavy atom. The highest BCUT2D eigenvalue weighted by Gasteiger charge is 2.35. The number of fused-ring (bicyclic) bond motifs is 1. The normalized spacial score (nSPS) is 19.2. The number of aromatic nitrogens is 2. The number of benzene rings is 1. The zero-order valence-corrected chi connectivity index (χ0v) is 14.6. The lowest BCUT2D eigenvalue weighted by Gasteiger charge is -2.22. The SMILES string of the molecule is O=C1C[C@@H](c2nc(-c3cccs3)no2)CN1c1ccc2c(c1)OCCO2. The summed E-state index contributed by atoms with van der Waals surface area (Å²) in [6.07, 6.45) is 0.348. The highest BCUT2D eigenvalue weighted by atomic mass is 32.1. The zero-order valence-electron chi connectivity index (χ0n) is 13.8. The van der Waals surface area contributed by atoms with Gasteiger partial charge in [0.2, 0.25) is 17.6 Å². The van der Waals surface area contributed by atoms with Crippen LogP contribution in [0.5, 0.6) is 11.5 Å². The maximum absolute atomic E-state index is 12.5. The summed E-state index contributed by atoms with van der Waals surface area (Å²) < 4.78 is 16.6. The molecule has 4 heterocycles. The molecule has 7 nitrogen and oxygen atoms in total. The summed E-state index contributed by atoms with van der Waals surface area (Å²) in [5, 5.41) is 6.01. The average molecular weight is 369 g/mol. The van der Waals surface area contributed by atoms with Crippen LogP contribution in [0.1, 0.15) is 18.2 Å². The van der Waals surface area contributed by atoms with Crippen molar-refractivity contribution in [1.29, 1.82) is 0 Å². The molecule has 2 aliphatic heterocycles. The smallest absolute Gasteiger partial charge is 0.232 e. The third kappa shape index (κ3) is 2.62. The first kappa shape index (κ1) is 15.4. The van der Waals surface area contributed by atoms with Gasteiger partial charge in [-0.2, -0.15) is 4.98 Å². The van der Waals surface area contributed by atoms with Crippen molar-refractivity contribution in [3.05, 3.63) is 41.6 Å². The highest BCUT2D eigenvalue weighted by Crippen LogP contribution is 2.37. The monoisotopic (exact) mass is 369 g/mol. The first-order chi connectivity index (χ1) is 12.8. The molecule has 0 N–H and O–H groups in total. The van der Waals surface area contributed by atoms with Crippen LogP contribution in [-0.2, 0) is 4.79 Å². The molecule has 132 valence electrons. The van der Waals surface area contributed by atoms with E-state index in [4.69, 9.17) is 14.0 Å². The lowest BCUT2D eigenvalue weighted by molar-refractivity contribution is -0.117. The van der Waals surface area contributed by atoms with Gasteiger partial charge in [0.05, 0.1) is 10.8 Å². The molecule has 0 spiro atoms. The van der Waals surface area contributed by atoms with Gasteiger partial charge in [0.25, 0.3) is 0 Å². The Kier molecular flexibility index (Phi) is 3.63. The van der Waals surface area contributed by atoms with Crippen LogP contribution in [0.3, 0.4) is 0 Å². The number of ether oxygens (including phenoxy) is 2. The van der Waals surface area contributed by atoms with E-state index in [-0.39, 0.29) is 11.8 Å². The van der Waals surface area contributed by atoms with Crippen molar-refractivity contribution in [1.82, 2.24) is 10.1 Å². The predicted molar refractivity (Wildman–Crippen MR) is 94.8 cm³/mol. The van der Waals surface area contributed by atoms with E-state index < -0.39 is 0 Å². The molecule has 8 heteroatoms. The second-order valence-electron chi connectivity index (χ2n) is 6.17. The third-order valence-corrected chi connectivity index (χ3v) is 5.36. The molecular formula is C18H15N3O4S. The molecule has 1 amide bonds. The summed E-state index contributed by atoms with van der Waals surface area (Å²) in [4.78, 5) is 19.7. The first-order valence-electron chi connectivity index (χ1n) is 8.35. The quantitative estimate of drug-likeness (QED) is 0.706. The van der Waals surface area contributed by atoms with Gasteiger partial charge in [-0.15, -0.1) is 11.3 Å². The number of anilines is 1. The minimum absolute atomic E-state index is 0.0301. The van der Waals surface area contributed by atoms with Gasteiger partial charge in [-0.05, 0) is 23.6 Å². The molecule has 1 fully saturated rings. The number of amides is 1. The molecular weight excluding hydrogens is 354 g/mol. The largest absolute Gasteiger partial charge is 0.486 e. The minimum atomic E-state index is -0.114. The van der Waals surface area contributed by atoms with Crippen LogP contribution in [-0.4, -0.2) is 35.8 Å². The molecule has 5 rings (SSSR count). The summed E-state index contributed by atoms with van der Waals surface area (Å²) >= 11 is 1.55. The van der Waals surface area contributed by atoms with Gasteiger partial charge in [0, 0.05) is 24.7 Å². The predicted octanol–water partition coefficient (Wildman–Crippen LogP) is 3.09. The number of thiophene rings is 1. The molecule has 0 radical (unpaired) electrons. The lowest BCUT2D eigenvalue weighted by Crippen LogP contribution is -2.24. The minimum Gasteiger partial charge on any atom is -0.486 e. The second kappa shape index (κ2) is 6.14. The van der Waals surface area contributed by atoms with E-state index >= 15 is 0 Å². The summed E-state index contributed by atoms with van der Waals surface area (Å²) in [5.41, 5.74) is 0.791.